The van der Waals surface area contributed by atoms with Crippen molar-refractivity contribution in [3.63, 3.8) is 0 Å². The highest BCUT2D eigenvalue weighted by molar-refractivity contribution is 7.89. The van der Waals surface area contributed by atoms with Gasteiger partial charge < -0.3 is 5.32 Å². The third-order valence-electron chi connectivity index (χ3n) is 3.26. The summed E-state index contributed by atoms with van der Waals surface area (Å²) in [7, 11) is -3.69. The Labute approximate surface area is 140 Å². The zero-order valence-corrected chi connectivity index (χ0v) is 13.6. The number of hydrogen-bond donors (Lipinski definition) is 2. The summed E-state index contributed by atoms with van der Waals surface area (Å²) >= 11 is 0. The highest BCUT2D eigenvalue weighted by atomic mass is 32.2. The molecule has 0 fully saturated rings. The van der Waals surface area contributed by atoms with Crippen molar-refractivity contribution in [3.8, 4) is 0 Å². The lowest BCUT2D eigenvalue weighted by molar-refractivity contribution is -0.116. The minimum Gasteiger partial charge on any atom is -0.352 e. The molecule has 0 heterocycles. The Morgan fingerprint density at radius 2 is 1.71 bits per heavy atom. The Balaban J connectivity index is 1.81. The van der Waals surface area contributed by atoms with E-state index in [9.17, 15) is 17.6 Å². The standard InChI is InChI=1S/C17H17FN2O3S/c18-15-6-1-13(2-7-15)5-10-17(21)20-12-11-14-3-8-16(9-4-14)24(19,22)23/h1-10H,11-12H2,(H,20,21)(H2,19,22,23). The van der Waals surface area contributed by atoms with Crippen LogP contribution in [0.15, 0.2) is 59.5 Å². The van der Waals surface area contributed by atoms with E-state index >= 15 is 0 Å². The van der Waals surface area contributed by atoms with E-state index in [1.165, 1.54) is 30.3 Å². The summed E-state index contributed by atoms with van der Waals surface area (Å²) in [6, 6.07) is 12.0. The summed E-state index contributed by atoms with van der Waals surface area (Å²) in [6.45, 7) is 0.404. The van der Waals surface area contributed by atoms with Gasteiger partial charge in [0.1, 0.15) is 5.82 Å². The summed E-state index contributed by atoms with van der Waals surface area (Å²) < 4.78 is 35.1. The molecule has 0 aliphatic heterocycles. The lowest BCUT2D eigenvalue weighted by Crippen LogP contribution is -2.23. The highest BCUT2D eigenvalue weighted by Crippen LogP contribution is 2.09. The van der Waals surface area contributed by atoms with E-state index in [2.05, 4.69) is 5.32 Å². The molecule has 5 nitrogen and oxygen atoms in total. The van der Waals surface area contributed by atoms with Gasteiger partial charge in [-0.25, -0.2) is 17.9 Å². The molecule has 0 atom stereocenters. The zero-order chi connectivity index (χ0) is 17.6. The van der Waals surface area contributed by atoms with Gasteiger partial charge in [0, 0.05) is 12.6 Å². The first kappa shape index (κ1) is 17.8. The van der Waals surface area contributed by atoms with Crippen LogP contribution in [0.1, 0.15) is 11.1 Å². The lowest BCUT2D eigenvalue weighted by Gasteiger charge is -2.04. The van der Waals surface area contributed by atoms with Crippen molar-refractivity contribution in [1.29, 1.82) is 0 Å². The van der Waals surface area contributed by atoms with Gasteiger partial charge in [0.05, 0.1) is 4.90 Å². The summed E-state index contributed by atoms with van der Waals surface area (Å²) in [5, 5.41) is 7.74. The third-order valence-corrected chi connectivity index (χ3v) is 4.19. The molecule has 0 saturated carbocycles. The highest BCUT2D eigenvalue weighted by Gasteiger charge is 2.06. The third kappa shape index (κ3) is 5.60. The first-order valence-electron chi connectivity index (χ1n) is 7.18. The number of halogens is 1. The van der Waals surface area contributed by atoms with E-state index in [4.69, 9.17) is 5.14 Å². The fourth-order valence-corrected chi connectivity index (χ4v) is 2.50. The van der Waals surface area contributed by atoms with Crippen molar-refractivity contribution in [1.82, 2.24) is 5.32 Å². The first-order chi connectivity index (χ1) is 11.3. The lowest BCUT2D eigenvalue weighted by atomic mass is 10.1. The van der Waals surface area contributed by atoms with Crippen LogP contribution in [-0.2, 0) is 21.2 Å². The van der Waals surface area contributed by atoms with Gasteiger partial charge in [-0.2, -0.15) is 0 Å². The normalized spacial score (nSPS) is 11.6. The fraction of sp³-hybridized carbons (Fsp3) is 0.118. The Morgan fingerprint density at radius 3 is 2.29 bits per heavy atom. The van der Waals surface area contributed by atoms with Crippen LogP contribution in [0.2, 0.25) is 0 Å². The topological polar surface area (TPSA) is 89.3 Å². The molecular formula is C17H17FN2O3S. The van der Waals surface area contributed by atoms with Crippen molar-refractivity contribution in [2.75, 3.05) is 6.54 Å². The van der Waals surface area contributed by atoms with Crippen LogP contribution in [0.25, 0.3) is 6.08 Å². The number of amides is 1. The Hall–Kier alpha value is -2.51. The van der Waals surface area contributed by atoms with Crippen molar-refractivity contribution in [2.24, 2.45) is 5.14 Å². The molecule has 0 aromatic heterocycles. The van der Waals surface area contributed by atoms with Gasteiger partial charge in [0.25, 0.3) is 0 Å². The molecule has 0 bridgehead atoms. The van der Waals surface area contributed by atoms with Gasteiger partial charge in [-0.15, -0.1) is 0 Å². The van der Waals surface area contributed by atoms with Crippen LogP contribution in [0.5, 0.6) is 0 Å². The molecular weight excluding hydrogens is 331 g/mol. The van der Waals surface area contributed by atoms with Crippen LogP contribution in [0, 0.1) is 5.82 Å². The monoisotopic (exact) mass is 348 g/mol. The van der Waals surface area contributed by atoms with Gasteiger partial charge in [-0.1, -0.05) is 24.3 Å². The van der Waals surface area contributed by atoms with Crippen LogP contribution < -0.4 is 10.5 Å². The van der Waals surface area contributed by atoms with Crippen LogP contribution >= 0.6 is 0 Å². The molecule has 2 rings (SSSR count). The SMILES string of the molecule is NS(=O)(=O)c1ccc(CCNC(=O)C=Cc2ccc(F)cc2)cc1. The molecule has 3 N–H and O–H groups in total. The number of hydrogen-bond acceptors (Lipinski definition) is 3. The predicted octanol–water partition coefficient (Wildman–Crippen LogP) is 1.85. The fourth-order valence-electron chi connectivity index (χ4n) is 1.98. The molecule has 0 aliphatic carbocycles. The minimum absolute atomic E-state index is 0.0533. The van der Waals surface area contributed by atoms with Crippen molar-refractivity contribution in [3.05, 3.63) is 71.6 Å². The van der Waals surface area contributed by atoms with E-state index in [0.29, 0.717) is 13.0 Å². The van der Waals surface area contributed by atoms with E-state index in [-0.39, 0.29) is 16.6 Å². The number of carbonyl (C=O) groups excluding carboxylic acids is 1. The van der Waals surface area contributed by atoms with Gasteiger partial charge in [-0.3, -0.25) is 4.79 Å². The number of carbonyl (C=O) groups is 1. The van der Waals surface area contributed by atoms with Crippen molar-refractivity contribution in [2.45, 2.75) is 11.3 Å². The number of sulfonamides is 1. The maximum absolute atomic E-state index is 12.8. The Morgan fingerprint density at radius 1 is 1.08 bits per heavy atom. The van der Waals surface area contributed by atoms with Crippen LogP contribution in [-0.4, -0.2) is 20.9 Å². The molecule has 126 valence electrons. The number of nitrogens with one attached hydrogen (secondary N) is 1. The smallest absolute Gasteiger partial charge is 0.244 e. The van der Waals surface area contributed by atoms with E-state index < -0.39 is 10.0 Å². The maximum Gasteiger partial charge on any atom is 0.244 e. The Bertz CT molecular complexity index is 829. The number of nitrogens with two attached hydrogens (primary N) is 1. The number of rotatable bonds is 6. The summed E-state index contributed by atoms with van der Waals surface area (Å²) in [4.78, 5) is 11.7. The van der Waals surface area contributed by atoms with Crippen LogP contribution in [0.4, 0.5) is 4.39 Å². The zero-order valence-electron chi connectivity index (χ0n) is 12.8. The Kier molecular flexibility index (Phi) is 5.83. The summed E-state index contributed by atoms with van der Waals surface area (Å²) in [5.74, 6) is -0.592. The summed E-state index contributed by atoms with van der Waals surface area (Å²) in [5.41, 5.74) is 1.61. The molecule has 7 heteroatoms. The van der Waals surface area contributed by atoms with Gasteiger partial charge in [0.15, 0.2) is 0 Å². The van der Waals surface area contributed by atoms with Gasteiger partial charge in [-0.05, 0) is 47.9 Å². The number of primary sulfonamides is 1. The van der Waals surface area contributed by atoms with Crippen molar-refractivity contribution < 1.29 is 17.6 Å². The largest absolute Gasteiger partial charge is 0.352 e. The maximum atomic E-state index is 12.8. The van der Waals surface area contributed by atoms with E-state index in [1.807, 2.05) is 0 Å². The second kappa shape index (κ2) is 7.85. The quantitative estimate of drug-likeness (QED) is 0.781. The first-order valence-corrected chi connectivity index (χ1v) is 8.72. The molecule has 2 aromatic rings. The summed E-state index contributed by atoms with van der Waals surface area (Å²) in [6.07, 6.45) is 3.52. The second-order valence-corrected chi connectivity index (χ2v) is 6.68. The predicted molar refractivity (Wildman–Crippen MR) is 90.0 cm³/mol. The molecule has 0 spiro atoms. The van der Waals surface area contributed by atoms with Gasteiger partial charge in [0.2, 0.25) is 15.9 Å². The van der Waals surface area contributed by atoms with E-state index in [0.717, 1.165) is 11.1 Å². The molecule has 0 unspecified atom stereocenters. The average molecular weight is 348 g/mol. The van der Waals surface area contributed by atoms with Crippen LogP contribution in [0.3, 0.4) is 0 Å². The molecule has 1 amide bonds. The molecule has 24 heavy (non-hydrogen) atoms. The molecule has 2 aromatic carbocycles. The number of benzene rings is 2. The average Bonchev–Trinajstić information content (AvgIpc) is 2.54. The molecule has 0 aliphatic rings. The minimum atomic E-state index is -3.69. The molecule has 0 saturated heterocycles. The molecule has 0 radical (unpaired) electrons. The van der Waals surface area contributed by atoms with Crippen molar-refractivity contribution >= 4 is 22.0 Å². The van der Waals surface area contributed by atoms with E-state index in [1.54, 1.807) is 30.3 Å². The van der Waals surface area contributed by atoms with Gasteiger partial charge >= 0.3 is 0 Å². The second-order valence-electron chi connectivity index (χ2n) is 5.11.